The van der Waals surface area contributed by atoms with E-state index >= 15 is 0 Å². The van der Waals surface area contributed by atoms with Gasteiger partial charge in [-0.15, -0.1) is 0 Å². The van der Waals surface area contributed by atoms with Gasteiger partial charge in [-0.1, -0.05) is 25.3 Å². The Balaban J connectivity index is 1.69. The van der Waals surface area contributed by atoms with Crippen LogP contribution in [0.3, 0.4) is 0 Å². The highest BCUT2D eigenvalue weighted by Crippen LogP contribution is 2.34. The second-order valence-corrected chi connectivity index (χ2v) is 7.05. The molecule has 0 spiro atoms. The molecule has 29 heavy (non-hydrogen) atoms. The predicted molar refractivity (Wildman–Crippen MR) is 104 cm³/mol. The molecule has 0 aromatic heterocycles. The number of nitrogens with zero attached hydrogens (tertiary/aromatic N) is 1. The summed E-state index contributed by atoms with van der Waals surface area (Å²) in [7, 11) is 0. The zero-order valence-corrected chi connectivity index (χ0v) is 16.1. The first-order valence-electron chi connectivity index (χ1n) is 9.55. The molecular formula is C22H23NO6. The summed E-state index contributed by atoms with van der Waals surface area (Å²) in [6.07, 6.45) is 5.14. The van der Waals surface area contributed by atoms with Crippen LogP contribution in [0.15, 0.2) is 43.5 Å². The van der Waals surface area contributed by atoms with Gasteiger partial charge < -0.3 is 9.47 Å². The standard InChI is InChI=1S/C22H23NO6/c1-3-11-28-21(26)14-5-8-16(9-6-14)23-19(24)17-10-7-15(13-18(17)20(23)25)22(27)29-12-4-2/h3-4,7,10,13-14,16H,1-2,5-6,8-9,11-12H2. The van der Waals surface area contributed by atoms with Gasteiger partial charge in [0, 0.05) is 6.04 Å². The molecule has 0 N–H and O–H groups in total. The molecule has 1 aromatic carbocycles. The second-order valence-electron chi connectivity index (χ2n) is 7.05. The van der Waals surface area contributed by atoms with Crippen molar-refractivity contribution in [2.75, 3.05) is 13.2 Å². The van der Waals surface area contributed by atoms with E-state index in [0.717, 1.165) is 0 Å². The van der Waals surface area contributed by atoms with E-state index in [1.54, 1.807) is 0 Å². The minimum Gasteiger partial charge on any atom is -0.461 e. The molecule has 152 valence electrons. The molecule has 1 aliphatic carbocycles. The van der Waals surface area contributed by atoms with E-state index < -0.39 is 11.9 Å². The summed E-state index contributed by atoms with van der Waals surface area (Å²) in [6, 6.07) is 4.09. The fourth-order valence-electron chi connectivity index (χ4n) is 3.76. The second kappa shape index (κ2) is 8.86. The molecule has 2 amide bonds. The number of ether oxygens (including phenoxy) is 2. The van der Waals surface area contributed by atoms with Gasteiger partial charge in [-0.3, -0.25) is 19.3 Å². The first-order valence-corrected chi connectivity index (χ1v) is 9.55. The van der Waals surface area contributed by atoms with Crippen LogP contribution in [0, 0.1) is 5.92 Å². The van der Waals surface area contributed by atoms with Gasteiger partial charge in [0.25, 0.3) is 11.8 Å². The number of carbonyl (C=O) groups excluding carboxylic acids is 4. The van der Waals surface area contributed by atoms with Crippen LogP contribution in [-0.2, 0) is 14.3 Å². The smallest absolute Gasteiger partial charge is 0.338 e. The Labute approximate surface area is 169 Å². The zero-order chi connectivity index (χ0) is 21.0. The molecular weight excluding hydrogens is 374 g/mol. The number of rotatable bonds is 7. The van der Waals surface area contributed by atoms with Gasteiger partial charge in [0.15, 0.2) is 0 Å². The molecule has 1 heterocycles. The Bertz CT molecular complexity index is 866. The maximum atomic E-state index is 12.9. The third kappa shape index (κ3) is 4.13. The van der Waals surface area contributed by atoms with Crippen molar-refractivity contribution >= 4 is 23.8 Å². The van der Waals surface area contributed by atoms with E-state index in [4.69, 9.17) is 9.47 Å². The van der Waals surface area contributed by atoms with Crippen molar-refractivity contribution in [3.63, 3.8) is 0 Å². The Morgan fingerprint density at radius 3 is 2.24 bits per heavy atom. The lowest BCUT2D eigenvalue weighted by atomic mass is 9.85. The van der Waals surface area contributed by atoms with Gasteiger partial charge in [-0.2, -0.15) is 0 Å². The average Bonchev–Trinajstić information content (AvgIpc) is 3.00. The lowest BCUT2D eigenvalue weighted by Crippen LogP contribution is -2.42. The van der Waals surface area contributed by atoms with Crippen LogP contribution in [0.2, 0.25) is 0 Å². The van der Waals surface area contributed by atoms with Crippen molar-refractivity contribution in [2.45, 2.75) is 31.7 Å². The highest BCUT2D eigenvalue weighted by atomic mass is 16.5. The van der Waals surface area contributed by atoms with Crippen molar-refractivity contribution < 1.29 is 28.7 Å². The SMILES string of the molecule is C=CCOC(=O)c1ccc2c(c1)C(=O)N(C1CCC(C(=O)OCC=C)CC1)C2=O. The Morgan fingerprint density at radius 1 is 0.966 bits per heavy atom. The predicted octanol–water partition coefficient (Wildman–Crippen LogP) is 2.91. The maximum Gasteiger partial charge on any atom is 0.338 e. The van der Waals surface area contributed by atoms with Crippen molar-refractivity contribution in [3.8, 4) is 0 Å². The van der Waals surface area contributed by atoms with Crippen molar-refractivity contribution in [1.29, 1.82) is 0 Å². The molecule has 0 saturated heterocycles. The number of fused-ring (bicyclic) bond motifs is 1. The highest BCUT2D eigenvalue weighted by molar-refractivity contribution is 6.22. The van der Waals surface area contributed by atoms with E-state index in [0.29, 0.717) is 25.7 Å². The average molecular weight is 397 g/mol. The minimum atomic E-state index is -0.579. The molecule has 0 bridgehead atoms. The fourth-order valence-corrected chi connectivity index (χ4v) is 3.76. The molecule has 7 heteroatoms. The molecule has 1 aliphatic heterocycles. The normalized spacial score (nSPS) is 20.8. The number of hydrogen-bond acceptors (Lipinski definition) is 6. The van der Waals surface area contributed by atoms with Crippen LogP contribution >= 0.6 is 0 Å². The molecule has 0 unspecified atom stereocenters. The number of hydrogen-bond donors (Lipinski definition) is 0. The monoisotopic (exact) mass is 397 g/mol. The molecule has 1 saturated carbocycles. The number of amides is 2. The molecule has 0 atom stereocenters. The van der Waals surface area contributed by atoms with Crippen LogP contribution in [-0.4, -0.2) is 47.9 Å². The lowest BCUT2D eigenvalue weighted by Gasteiger charge is -2.32. The highest BCUT2D eigenvalue weighted by Gasteiger charge is 2.42. The topological polar surface area (TPSA) is 90.0 Å². The Hall–Kier alpha value is -3.22. The van der Waals surface area contributed by atoms with Crippen LogP contribution in [0.4, 0.5) is 0 Å². The van der Waals surface area contributed by atoms with Crippen molar-refractivity contribution in [2.24, 2.45) is 5.92 Å². The minimum absolute atomic E-state index is 0.0629. The molecule has 2 aliphatic rings. The van der Waals surface area contributed by atoms with Crippen LogP contribution in [0.1, 0.15) is 56.8 Å². The Morgan fingerprint density at radius 2 is 1.59 bits per heavy atom. The van der Waals surface area contributed by atoms with Crippen LogP contribution in [0.5, 0.6) is 0 Å². The van der Waals surface area contributed by atoms with Gasteiger partial charge in [0.1, 0.15) is 13.2 Å². The maximum absolute atomic E-state index is 12.9. The summed E-state index contributed by atoms with van der Waals surface area (Å²) in [4.78, 5) is 51.0. The summed E-state index contributed by atoms with van der Waals surface area (Å²) >= 11 is 0. The summed E-state index contributed by atoms with van der Waals surface area (Å²) in [5.74, 6) is -1.86. The molecule has 1 fully saturated rings. The third-order valence-electron chi connectivity index (χ3n) is 5.22. The van der Waals surface area contributed by atoms with Crippen molar-refractivity contribution in [1.82, 2.24) is 4.90 Å². The number of benzene rings is 1. The Kier molecular flexibility index (Phi) is 6.26. The molecule has 3 rings (SSSR count). The van der Waals surface area contributed by atoms with Gasteiger partial charge in [0.2, 0.25) is 0 Å². The first-order chi connectivity index (χ1) is 14.0. The van der Waals surface area contributed by atoms with E-state index in [-0.39, 0.29) is 53.7 Å². The third-order valence-corrected chi connectivity index (χ3v) is 5.22. The van der Waals surface area contributed by atoms with E-state index in [2.05, 4.69) is 13.2 Å². The van der Waals surface area contributed by atoms with E-state index in [1.807, 2.05) is 0 Å². The largest absolute Gasteiger partial charge is 0.461 e. The summed E-state index contributed by atoms with van der Waals surface area (Å²) < 4.78 is 10.1. The summed E-state index contributed by atoms with van der Waals surface area (Å²) in [6.45, 7) is 7.24. The quantitative estimate of drug-likeness (QED) is 0.399. The van der Waals surface area contributed by atoms with Gasteiger partial charge in [-0.25, -0.2) is 4.79 Å². The number of esters is 2. The van der Waals surface area contributed by atoms with Gasteiger partial charge in [-0.05, 0) is 43.9 Å². The van der Waals surface area contributed by atoms with Gasteiger partial charge in [0.05, 0.1) is 22.6 Å². The first kappa shape index (κ1) is 20.5. The summed E-state index contributed by atoms with van der Waals surface area (Å²) in [5.41, 5.74) is 0.695. The summed E-state index contributed by atoms with van der Waals surface area (Å²) in [5, 5.41) is 0. The van der Waals surface area contributed by atoms with Gasteiger partial charge >= 0.3 is 11.9 Å². The molecule has 1 aromatic rings. The van der Waals surface area contributed by atoms with E-state index in [1.165, 1.54) is 35.3 Å². The number of carbonyl (C=O) groups is 4. The van der Waals surface area contributed by atoms with Crippen LogP contribution in [0.25, 0.3) is 0 Å². The molecule has 7 nitrogen and oxygen atoms in total. The van der Waals surface area contributed by atoms with E-state index in [9.17, 15) is 19.2 Å². The van der Waals surface area contributed by atoms with Crippen LogP contribution < -0.4 is 0 Å². The number of imide groups is 1. The zero-order valence-electron chi connectivity index (χ0n) is 16.1. The fraction of sp³-hybridized carbons (Fsp3) is 0.364. The lowest BCUT2D eigenvalue weighted by molar-refractivity contribution is -0.148. The molecule has 0 radical (unpaired) electrons. The van der Waals surface area contributed by atoms with Crippen molar-refractivity contribution in [3.05, 3.63) is 60.2 Å².